The van der Waals surface area contributed by atoms with Crippen LogP contribution in [0.15, 0.2) is 67.3 Å². The zero-order valence-corrected chi connectivity index (χ0v) is 13.9. The molecule has 0 aliphatic heterocycles. The molecule has 0 bridgehead atoms. The van der Waals surface area contributed by atoms with E-state index < -0.39 is 0 Å². The van der Waals surface area contributed by atoms with Crippen molar-refractivity contribution in [3.63, 3.8) is 0 Å². The van der Waals surface area contributed by atoms with Gasteiger partial charge in [-0.15, -0.1) is 6.58 Å². The van der Waals surface area contributed by atoms with Crippen LogP contribution in [0.3, 0.4) is 0 Å². The molecule has 0 saturated carbocycles. The third-order valence-electron chi connectivity index (χ3n) is 3.77. The van der Waals surface area contributed by atoms with Crippen LogP contribution < -0.4 is 10.2 Å². The second kappa shape index (κ2) is 9.13. The van der Waals surface area contributed by atoms with Crippen molar-refractivity contribution < 1.29 is 9.57 Å². The van der Waals surface area contributed by atoms with Crippen LogP contribution in [-0.2, 0) is 4.84 Å². The molecule has 23 heavy (non-hydrogen) atoms. The van der Waals surface area contributed by atoms with Crippen LogP contribution in [0.5, 0.6) is 5.75 Å². The highest BCUT2D eigenvalue weighted by Crippen LogP contribution is 2.24. The van der Waals surface area contributed by atoms with Crippen molar-refractivity contribution in [3.05, 3.63) is 78.4 Å². The summed E-state index contributed by atoms with van der Waals surface area (Å²) in [6.45, 7) is 6.06. The van der Waals surface area contributed by atoms with E-state index in [-0.39, 0.29) is 12.1 Å². The number of benzene rings is 2. The van der Waals surface area contributed by atoms with E-state index in [4.69, 9.17) is 9.57 Å². The van der Waals surface area contributed by atoms with Crippen molar-refractivity contribution in [2.45, 2.75) is 31.9 Å². The van der Waals surface area contributed by atoms with Gasteiger partial charge in [-0.05, 0) is 29.7 Å². The third-order valence-corrected chi connectivity index (χ3v) is 3.77. The molecule has 3 nitrogen and oxygen atoms in total. The van der Waals surface area contributed by atoms with E-state index in [9.17, 15) is 0 Å². The number of hydrogen-bond donors (Lipinski definition) is 1. The molecule has 0 radical (unpaired) electrons. The number of hydrogen-bond acceptors (Lipinski definition) is 3. The summed E-state index contributed by atoms with van der Waals surface area (Å²) in [6.07, 6.45) is 3.89. The van der Waals surface area contributed by atoms with Crippen molar-refractivity contribution >= 4 is 0 Å². The fourth-order valence-corrected chi connectivity index (χ4v) is 2.44. The van der Waals surface area contributed by atoms with E-state index in [1.807, 2.05) is 48.5 Å². The Kier molecular flexibility index (Phi) is 6.85. The lowest BCUT2D eigenvalue weighted by Gasteiger charge is -2.22. The molecular formula is C20H25NO2. The third kappa shape index (κ3) is 4.95. The van der Waals surface area contributed by atoms with Crippen molar-refractivity contribution in [2.75, 3.05) is 7.11 Å². The molecule has 0 aliphatic rings. The molecule has 0 heterocycles. The predicted molar refractivity (Wildman–Crippen MR) is 94.2 cm³/mol. The molecule has 0 amide bonds. The van der Waals surface area contributed by atoms with Gasteiger partial charge in [-0.1, -0.05) is 61.9 Å². The summed E-state index contributed by atoms with van der Waals surface area (Å²) in [7, 11) is 1.66. The van der Waals surface area contributed by atoms with Crippen LogP contribution in [0.4, 0.5) is 0 Å². The molecule has 0 saturated heterocycles. The predicted octanol–water partition coefficient (Wildman–Crippen LogP) is 4.98. The maximum absolute atomic E-state index is 5.98. The van der Waals surface area contributed by atoms with Gasteiger partial charge in [0, 0.05) is 0 Å². The first kappa shape index (κ1) is 17.3. The molecule has 1 N–H and O–H groups in total. The number of nitrogens with one attached hydrogen (secondary N) is 1. The van der Waals surface area contributed by atoms with Crippen LogP contribution in [0.2, 0.25) is 0 Å². The molecule has 2 rings (SSSR count). The minimum Gasteiger partial charge on any atom is -0.497 e. The van der Waals surface area contributed by atoms with E-state index in [0.29, 0.717) is 0 Å². The Hall–Kier alpha value is -2.10. The standard InChI is InChI=1S/C20H25NO2/c1-4-9-20(17-10-7-6-8-11-17)23-21-19(5-2)16-12-14-18(22-3)15-13-16/h5-8,10-15,19-21H,2,4,9H2,1,3H3/t19-,20-/m1/s1. The van der Waals surface area contributed by atoms with Crippen LogP contribution in [0.25, 0.3) is 0 Å². The first-order valence-corrected chi connectivity index (χ1v) is 8.01. The Morgan fingerprint density at radius 2 is 1.74 bits per heavy atom. The zero-order valence-electron chi connectivity index (χ0n) is 13.9. The highest BCUT2D eigenvalue weighted by Gasteiger charge is 2.14. The fourth-order valence-electron chi connectivity index (χ4n) is 2.44. The van der Waals surface area contributed by atoms with Crippen molar-refractivity contribution in [3.8, 4) is 5.75 Å². The smallest absolute Gasteiger partial charge is 0.118 e. The molecule has 122 valence electrons. The molecule has 0 spiro atoms. The SMILES string of the molecule is C=C[C@@H](NO[C@H](CCC)c1ccccc1)c1ccc(OC)cc1. The monoisotopic (exact) mass is 311 g/mol. The van der Waals surface area contributed by atoms with E-state index in [1.54, 1.807) is 7.11 Å². The first-order chi connectivity index (χ1) is 11.3. The van der Waals surface area contributed by atoms with Gasteiger partial charge in [0.2, 0.25) is 0 Å². The number of rotatable bonds is 9. The Morgan fingerprint density at radius 1 is 1.04 bits per heavy atom. The second-order valence-corrected chi connectivity index (χ2v) is 5.41. The zero-order chi connectivity index (χ0) is 16.5. The van der Waals surface area contributed by atoms with Gasteiger partial charge in [0.05, 0.1) is 13.2 Å². The lowest BCUT2D eigenvalue weighted by atomic mass is 10.1. The summed E-state index contributed by atoms with van der Waals surface area (Å²) < 4.78 is 5.19. The summed E-state index contributed by atoms with van der Waals surface area (Å²) >= 11 is 0. The maximum Gasteiger partial charge on any atom is 0.118 e. The first-order valence-electron chi connectivity index (χ1n) is 8.01. The molecule has 0 unspecified atom stereocenters. The lowest BCUT2D eigenvalue weighted by Crippen LogP contribution is -2.23. The van der Waals surface area contributed by atoms with Crippen LogP contribution >= 0.6 is 0 Å². The summed E-state index contributed by atoms with van der Waals surface area (Å²) in [5.41, 5.74) is 5.41. The van der Waals surface area contributed by atoms with Gasteiger partial charge < -0.3 is 4.74 Å². The average molecular weight is 311 g/mol. The van der Waals surface area contributed by atoms with Crippen molar-refractivity contribution in [1.29, 1.82) is 0 Å². The van der Waals surface area contributed by atoms with Gasteiger partial charge in [-0.3, -0.25) is 4.84 Å². The van der Waals surface area contributed by atoms with Gasteiger partial charge >= 0.3 is 0 Å². The normalized spacial score (nSPS) is 13.3. The van der Waals surface area contributed by atoms with E-state index >= 15 is 0 Å². The van der Waals surface area contributed by atoms with Crippen LogP contribution in [-0.4, -0.2) is 7.11 Å². The molecule has 2 atom stereocenters. The quantitative estimate of drug-likeness (QED) is 0.523. The molecule has 2 aromatic carbocycles. The summed E-state index contributed by atoms with van der Waals surface area (Å²) in [5, 5.41) is 0. The Morgan fingerprint density at radius 3 is 2.30 bits per heavy atom. The van der Waals surface area contributed by atoms with E-state index in [1.165, 1.54) is 5.56 Å². The summed E-state index contributed by atoms with van der Waals surface area (Å²) in [4.78, 5) is 5.98. The maximum atomic E-state index is 5.98. The van der Waals surface area contributed by atoms with Gasteiger partial charge in [-0.25, -0.2) is 0 Å². The molecule has 2 aromatic rings. The molecule has 0 aromatic heterocycles. The van der Waals surface area contributed by atoms with Crippen LogP contribution in [0, 0.1) is 0 Å². The summed E-state index contributed by atoms with van der Waals surface area (Å²) in [6, 6.07) is 18.1. The minimum absolute atomic E-state index is 0.0295. The molecule has 3 heteroatoms. The second-order valence-electron chi connectivity index (χ2n) is 5.41. The Labute approximate surface area is 138 Å². The number of methoxy groups -OCH3 is 1. The number of hydroxylamine groups is 1. The molecular weight excluding hydrogens is 286 g/mol. The fraction of sp³-hybridized carbons (Fsp3) is 0.300. The average Bonchev–Trinajstić information content (AvgIpc) is 2.62. The largest absolute Gasteiger partial charge is 0.497 e. The van der Waals surface area contributed by atoms with Crippen LogP contribution in [0.1, 0.15) is 43.0 Å². The van der Waals surface area contributed by atoms with Crippen molar-refractivity contribution in [2.24, 2.45) is 0 Å². The highest BCUT2D eigenvalue weighted by atomic mass is 16.7. The Balaban J connectivity index is 2.03. The number of ether oxygens (including phenoxy) is 1. The van der Waals surface area contributed by atoms with Gasteiger partial charge in [0.15, 0.2) is 0 Å². The minimum atomic E-state index is -0.0658. The summed E-state index contributed by atoms with van der Waals surface area (Å²) in [5.74, 6) is 0.839. The van der Waals surface area contributed by atoms with Gasteiger partial charge in [-0.2, -0.15) is 5.48 Å². The Bertz CT molecular complexity index is 580. The molecule has 0 aliphatic carbocycles. The van der Waals surface area contributed by atoms with E-state index in [0.717, 1.165) is 24.2 Å². The lowest BCUT2D eigenvalue weighted by molar-refractivity contribution is -0.0430. The topological polar surface area (TPSA) is 30.5 Å². The van der Waals surface area contributed by atoms with Gasteiger partial charge in [0.25, 0.3) is 0 Å². The molecule has 0 fully saturated rings. The van der Waals surface area contributed by atoms with Crippen molar-refractivity contribution in [1.82, 2.24) is 5.48 Å². The van der Waals surface area contributed by atoms with Gasteiger partial charge in [0.1, 0.15) is 11.9 Å². The highest BCUT2D eigenvalue weighted by molar-refractivity contribution is 5.30. The van der Waals surface area contributed by atoms with E-state index in [2.05, 4.69) is 31.1 Å².